The van der Waals surface area contributed by atoms with Gasteiger partial charge >= 0.3 is 0 Å². The smallest absolute Gasteiger partial charge is 0.191 e. The molecule has 0 spiro atoms. The van der Waals surface area contributed by atoms with E-state index in [1.54, 1.807) is 18.4 Å². The molecule has 30 heavy (non-hydrogen) atoms. The van der Waals surface area contributed by atoms with Crippen molar-refractivity contribution in [3.63, 3.8) is 0 Å². The van der Waals surface area contributed by atoms with Gasteiger partial charge in [-0.25, -0.2) is 4.98 Å². The molecule has 2 aromatic rings. The summed E-state index contributed by atoms with van der Waals surface area (Å²) in [5.74, 6) is 0.790. The maximum absolute atomic E-state index is 9.40. The fourth-order valence-electron chi connectivity index (χ4n) is 3.44. The van der Waals surface area contributed by atoms with Crippen molar-refractivity contribution in [2.75, 3.05) is 25.0 Å². The number of nitrogens with one attached hydrogen (secondary N) is 2. The summed E-state index contributed by atoms with van der Waals surface area (Å²) in [6.45, 7) is 9.02. The first-order valence-corrected chi connectivity index (χ1v) is 10.9. The molecule has 162 valence electrons. The van der Waals surface area contributed by atoms with Crippen LogP contribution in [0.3, 0.4) is 0 Å². The minimum Gasteiger partial charge on any atom is -0.368 e. The third-order valence-electron chi connectivity index (χ3n) is 5.08. The molecule has 0 amide bonds. The molecule has 1 atom stereocenters. The van der Waals surface area contributed by atoms with Gasteiger partial charge in [0.15, 0.2) is 5.96 Å². The molecule has 1 aromatic carbocycles. The number of nitriles is 1. The van der Waals surface area contributed by atoms with E-state index < -0.39 is 0 Å². The van der Waals surface area contributed by atoms with Crippen molar-refractivity contribution < 1.29 is 0 Å². The molecule has 8 heteroatoms. The highest BCUT2D eigenvalue weighted by Crippen LogP contribution is 2.24. The Bertz CT molecular complexity index is 896. The van der Waals surface area contributed by atoms with Crippen LogP contribution in [0.2, 0.25) is 0 Å². The zero-order chi connectivity index (χ0) is 20.9. The number of halogens is 1. The summed E-state index contributed by atoms with van der Waals surface area (Å²) >= 11 is 1.68. The molecule has 1 aromatic heterocycles. The Morgan fingerprint density at radius 2 is 2.13 bits per heavy atom. The lowest BCUT2D eigenvalue weighted by Crippen LogP contribution is -2.51. The molecular formula is C22H31IN6S. The van der Waals surface area contributed by atoms with Gasteiger partial charge < -0.3 is 15.5 Å². The number of hydrogen-bond donors (Lipinski definition) is 2. The molecule has 1 aliphatic heterocycles. The Balaban J connectivity index is 0.00000320. The second-order valence-corrected chi connectivity index (χ2v) is 9.30. The summed E-state index contributed by atoms with van der Waals surface area (Å²) in [4.78, 5) is 11.4. The van der Waals surface area contributed by atoms with Gasteiger partial charge in [0, 0.05) is 37.0 Å². The number of thiazole rings is 1. The molecule has 1 saturated heterocycles. The number of anilines is 1. The van der Waals surface area contributed by atoms with E-state index in [9.17, 15) is 5.26 Å². The quantitative estimate of drug-likeness (QED) is 0.346. The van der Waals surface area contributed by atoms with Gasteiger partial charge in [-0.2, -0.15) is 5.26 Å². The lowest BCUT2D eigenvalue weighted by atomic mass is 9.93. The fraction of sp³-hybridized carbons (Fsp3) is 0.500. The largest absolute Gasteiger partial charge is 0.368 e. The van der Waals surface area contributed by atoms with E-state index in [2.05, 4.69) is 52.7 Å². The molecule has 1 aliphatic rings. The van der Waals surface area contributed by atoms with E-state index >= 15 is 0 Å². The number of guanidine groups is 1. The molecule has 1 unspecified atom stereocenters. The van der Waals surface area contributed by atoms with Crippen molar-refractivity contribution in [1.82, 2.24) is 15.6 Å². The summed E-state index contributed by atoms with van der Waals surface area (Å²) in [5.41, 5.74) is 2.94. The van der Waals surface area contributed by atoms with Crippen molar-refractivity contribution >= 4 is 47.0 Å². The van der Waals surface area contributed by atoms with Crippen LogP contribution in [0.4, 0.5) is 5.69 Å². The number of benzene rings is 1. The summed E-state index contributed by atoms with van der Waals surface area (Å²) < 4.78 is 0. The van der Waals surface area contributed by atoms with Gasteiger partial charge in [0.2, 0.25) is 0 Å². The van der Waals surface area contributed by atoms with Crippen LogP contribution in [0.25, 0.3) is 0 Å². The van der Waals surface area contributed by atoms with Crippen molar-refractivity contribution in [1.29, 1.82) is 5.26 Å². The van der Waals surface area contributed by atoms with E-state index in [1.165, 1.54) is 0 Å². The average Bonchev–Trinajstić information content (AvgIpc) is 3.21. The molecular weight excluding hydrogens is 507 g/mol. The van der Waals surface area contributed by atoms with Crippen molar-refractivity contribution in [2.24, 2.45) is 4.99 Å². The normalized spacial score (nSPS) is 17.1. The second-order valence-electron chi connectivity index (χ2n) is 8.36. The van der Waals surface area contributed by atoms with Crippen LogP contribution in [-0.4, -0.2) is 37.1 Å². The van der Waals surface area contributed by atoms with Gasteiger partial charge in [0.1, 0.15) is 11.1 Å². The van der Waals surface area contributed by atoms with Crippen molar-refractivity contribution in [3.8, 4) is 6.07 Å². The lowest BCUT2D eigenvalue weighted by Gasteiger charge is -2.35. The minimum atomic E-state index is 0. The molecule has 6 nitrogen and oxygen atoms in total. The number of para-hydroxylation sites is 1. The number of piperidine rings is 1. The van der Waals surface area contributed by atoms with Gasteiger partial charge in [-0.1, -0.05) is 32.9 Å². The Morgan fingerprint density at radius 1 is 1.37 bits per heavy atom. The standard InChI is InChI=1S/C22H30N6S.HI/c1-22(2,3)19-15-29-20(27-19)13-25-21(24-4)26-17-9-7-11-28(14-17)18-10-6-5-8-16(18)12-23;/h5-6,8,10,15,17H,7,9,11,13-14H2,1-4H3,(H2,24,25,26);1H. The van der Waals surface area contributed by atoms with E-state index in [1.807, 2.05) is 24.3 Å². The highest BCUT2D eigenvalue weighted by atomic mass is 127. The summed E-state index contributed by atoms with van der Waals surface area (Å²) in [5, 5.41) is 19.5. The third-order valence-corrected chi connectivity index (χ3v) is 5.93. The number of rotatable bonds is 4. The number of aliphatic imine (C=N–C) groups is 1. The monoisotopic (exact) mass is 538 g/mol. The summed E-state index contributed by atoms with van der Waals surface area (Å²) in [7, 11) is 1.79. The predicted octanol–water partition coefficient (Wildman–Crippen LogP) is 4.26. The van der Waals surface area contributed by atoms with Gasteiger partial charge in [-0.05, 0) is 25.0 Å². The first kappa shape index (κ1) is 24.4. The molecule has 0 radical (unpaired) electrons. The van der Waals surface area contributed by atoms with E-state index in [0.717, 1.165) is 53.8 Å². The molecule has 0 bridgehead atoms. The highest BCUT2D eigenvalue weighted by molar-refractivity contribution is 14.0. The van der Waals surface area contributed by atoms with Gasteiger partial charge in [0.05, 0.1) is 23.5 Å². The topological polar surface area (TPSA) is 76.3 Å². The van der Waals surface area contributed by atoms with E-state index in [4.69, 9.17) is 4.98 Å². The maximum atomic E-state index is 9.40. The number of aromatic nitrogens is 1. The van der Waals surface area contributed by atoms with Crippen LogP contribution < -0.4 is 15.5 Å². The van der Waals surface area contributed by atoms with E-state index in [0.29, 0.717) is 6.54 Å². The zero-order valence-electron chi connectivity index (χ0n) is 18.1. The Hall–Kier alpha value is -1.86. The van der Waals surface area contributed by atoms with Crippen molar-refractivity contribution in [2.45, 2.75) is 51.6 Å². The Labute approximate surface area is 200 Å². The van der Waals surface area contributed by atoms with Crippen LogP contribution >= 0.6 is 35.3 Å². The molecule has 0 aliphatic carbocycles. The first-order valence-electron chi connectivity index (χ1n) is 10.1. The highest BCUT2D eigenvalue weighted by Gasteiger charge is 2.23. The molecule has 2 N–H and O–H groups in total. The van der Waals surface area contributed by atoms with Gasteiger partial charge in [-0.15, -0.1) is 35.3 Å². The fourth-order valence-corrected chi connectivity index (χ4v) is 4.40. The van der Waals surface area contributed by atoms with Gasteiger partial charge in [0.25, 0.3) is 0 Å². The minimum absolute atomic E-state index is 0. The SMILES string of the molecule is CN=C(NCc1nc(C(C)(C)C)cs1)NC1CCCN(c2ccccc2C#N)C1.I. The second kappa shape index (κ2) is 11.0. The average molecular weight is 539 g/mol. The molecule has 2 heterocycles. The first-order chi connectivity index (χ1) is 13.9. The third kappa shape index (κ3) is 6.32. The summed E-state index contributed by atoms with van der Waals surface area (Å²) in [6.07, 6.45) is 2.16. The van der Waals surface area contributed by atoms with Crippen LogP contribution in [-0.2, 0) is 12.0 Å². The van der Waals surface area contributed by atoms with Crippen LogP contribution in [0.15, 0.2) is 34.6 Å². The van der Waals surface area contributed by atoms with Gasteiger partial charge in [-0.3, -0.25) is 4.99 Å². The van der Waals surface area contributed by atoms with Crippen LogP contribution in [0.5, 0.6) is 0 Å². The lowest BCUT2D eigenvalue weighted by molar-refractivity contribution is 0.468. The molecule has 0 saturated carbocycles. The Morgan fingerprint density at radius 3 is 2.80 bits per heavy atom. The molecule has 3 rings (SSSR count). The number of nitrogens with zero attached hydrogens (tertiary/aromatic N) is 4. The maximum Gasteiger partial charge on any atom is 0.191 e. The van der Waals surface area contributed by atoms with Crippen molar-refractivity contribution in [3.05, 3.63) is 45.9 Å². The number of hydrogen-bond acceptors (Lipinski definition) is 5. The Kier molecular flexibility index (Phi) is 8.92. The van der Waals surface area contributed by atoms with E-state index in [-0.39, 0.29) is 35.4 Å². The molecule has 1 fully saturated rings. The summed E-state index contributed by atoms with van der Waals surface area (Å²) in [6, 6.07) is 10.4. The predicted molar refractivity (Wildman–Crippen MR) is 136 cm³/mol. The zero-order valence-corrected chi connectivity index (χ0v) is 21.3. The van der Waals surface area contributed by atoms with Crippen LogP contribution in [0.1, 0.15) is 49.9 Å². The van der Waals surface area contributed by atoms with Crippen LogP contribution in [0, 0.1) is 11.3 Å².